The Bertz CT molecular complexity index is 758. The van der Waals surface area contributed by atoms with Crippen molar-refractivity contribution in [2.75, 3.05) is 14.1 Å². The third-order valence-electron chi connectivity index (χ3n) is 3.37. The van der Waals surface area contributed by atoms with E-state index in [1.54, 1.807) is 55.4 Å². The van der Waals surface area contributed by atoms with E-state index in [4.69, 9.17) is 0 Å². The fourth-order valence-electron chi connectivity index (χ4n) is 2.30. The first kappa shape index (κ1) is 16.5. The molecule has 23 heavy (non-hydrogen) atoms. The molecule has 1 N–H and O–H groups in total. The van der Waals surface area contributed by atoms with Gasteiger partial charge in [0.1, 0.15) is 17.7 Å². The van der Waals surface area contributed by atoms with Gasteiger partial charge in [0.25, 0.3) is 0 Å². The number of hydrogen-bond donors (Lipinski definition) is 1. The molecule has 0 bridgehead atoms. The van der Waals surface area contributed by atoms with E-state index in [0.29, 0.717) is 16.7 Å². The maximum atomic E-state index is 12.6. The molecule has 0 aliphatic heterocycles. The summed E-state index contributed by atoms with van der Waals surface area (Å²) < 4.78 is 0. The van der Waals surface area contributed by atoms with Crippen LogP contribution in [0.4, 0.5) is 0 Å². The van der Waals surface area contributed by atoms with Crippen molar-refractivity contribution in [2.24, 2.45) is 0 Å². The van der Waals surface area contributed by atoms with Crippen molar-refractivity contribution in [1.29, 1.82) is 5.26 Å². The highest BCUT2D eigenvalue weighted by Gasteiger charge is 2.21. The van der Waals surface area contributed by atoms with Crippen LogP contribution in [0.3, 0.4) is 0 Å². The molecule has 1 unspecified atom stereocenters. The molecule has 0 heterocycles. The number of ketones is 1. The Morgan fingerprint density at radius 2 is 1.74 bits per heavy atom. The van der Waals surface area contributed by atoms with Crippen molar-refractivity contribution in [3.05, 3.63) is 83.1 Å². The lowest BCUT2D eigenvalue weighted by molar-refractivity contribution is 0.103. The second kappa shape index (κ2) is 7.39. The van der Waals surface area contributed by atoms with E-state index in [1.807, 2.05) is 24.3 Å². The van der Waals surface area contributed by atoms with Crippen LogP contribution in [0.15, 0.2) is 66.4 Å². The molecule has 0 amide bonds. The van der Waals surface area contributed by atoms with E-state index in [2.05, 4.69) is 0 Å². The summed E-state index contributed by atoms with van der Waals surface area (Å²) in [7, 11) is 3.49. The molecule has 0 saturated carbocycles. The zero-order valence-corrected chi connectivity index (χ0v) is 13.1. The molecule has 0 aliphatic rings. The average Bonchev–Trinajstić information content (AvgIpc) is 2.59. The van der Waals surface area contributed by atoms with E-state index in [0.717, 1.165) is 0 Å². The number of carbonyl (C=O) groups excluding carboxylic acids is 1. The van der Waals surface area contributed by atoms with Crippen LogP contribution >= 0.6 is 0 Å². The maximum absolute atomic E-state index is 12.6. The van der Waals surface area contributed by atoms with Crippen LogP contribution in [0.2, 0.25) is 0 Å². The summed E-state index contributed by atoms with van der Waals surface area (Å²) in [6.07, 6.45) is 0.559. The predicted molar refractivity (Wildman–Crippen MR) is 88.7 cm³/mol. The highest BCUT2D eigenvalue weighted by molar-refractivity contribution is 6.12. The zero-order chi connectivity index (χ0) is 16.8. The van der Waals surface area contributed by atoms with E-state index in [-0.39, 0.29) is 5.57 Å². The summed E-state index contributed by atoms with van der Waals surface area (Å²) >= 11 is 0. The Hall–Kier alpha value is -2.90. The van der Waals surface area contributed by atoms with Gasteiger partial charge in [0.15, 0.2) is 0 Å². The van der Waals surface area contributed by atoms with E-state index in [9.17, 15) is 15.2 Å². The van der Waals surface area contributed by atoms with Crippen LogP contribution in [0.25, 0.3) is 0 Å². The summed E-state index contributed by atoms with van der Waals surface area (Å²) in [6, 6.07) is 17.9. The fraction of sp³-hybridized carbons (Fsp3) is 0.158. The van der Waals surface area contributed by atoms with Gasteiger partial charge in [0.05, 0.1) is 0 Å². The Labute approximate surface area is 135 Å². The first-order valence-electron chi connectivity index (χ1n) is 7.19. The first-order chi connectivity index (χ1) is 11.0. The molecule has 2 aromatic carbocycles. The molecule has 1 atom stereocenters. The number of allylic oxidation sites excluding steroid dienone is 1. The molecule has 4 nitrogen and oxygen atoms in total. The molecular formula is C19H18N2O2. The standard InChI is InChI=1S/C19H18N2O2/c1-21(2)13-15(12-20)19(23)17-11-7-6-10-16(17)18(22)14-8-4-3-5-9-14/h3-11,13,18,22H,1-2H3/b15-13+. The van der Waals surface area contributed by atoms with Crippen LogP contribution < -0.4 is 0 Å². The van der Waals surface area contributed by atoms with Crippen molar-refractivity contribution >= 4 is 5.78 Å². The molecule has 4 heteroatoms. The number of nitriles is 1. The number of aliphatic hydroxyl groups excluding tert-OH is 1. The molecule has 0 saturated heterocycles. The molecular weight excluding hydrogens is 288 g/mol. The highest BCUT2D eigenvalue weighted by Crippen LogP contribution is 2.26. The Balaban J connectivity index is 2.46. The quantitative estimate of drug-likeness (QED) is 0.524. The molecule has 0 radical (unpaired) electrons. The number of carbonyl (C=O) groups is 1. The van der Waals surface area contributed by atoms with Gasteiger partial charge in [-0.3, -0.25) is 4.79 Å². The molecule has 0 fully saturated rings. The fourth-order valence-corrected chi connectivity index (χ4v) is 2.30. The third-order valence-corrected chi connectivity index (χ3v) is 3.37. The number of aliphatic hydroxyl groups is 1. The normalized spacial score (nSPS) is 12.3. The van der Waals surface area contributed by atoms with Gasteiger partial charge in [-0.2, -0.15) is 5.26 Å². The molecule has 0 spiro atoms. The van der Waals surface area contributed by atoms with Crippen molar-refractivity contribution in [3.8, 4) is 6.07 Å². The van der Waals surface area contributed by atoms with Crippen LogP contribution in [0, 0.1) is 11.3 Å². The van der Waals surface area contributed by atoms with E-state index < -0.39 is 11.9 Å². The molecule has 0 aromatic heterocycles. The first-order valence-corrected chi connectivity index (χ1v) is 7.19. The smallest absolute Gasteiger partial charge is 0.205 e. The second-order valence-corrected chi connectivity index (χ2v) is 5.35. The second-order valence-electron chi connectivity index (χ2n) is 5.35. The van der Waals surface area contributed by atoms with Gasteiger partial charge in [-0.1, -0.05) is 54.6 Å². The van der Waals surface area contributed by atoms with Crippen molar-refractivity contribution < 1.29 is 9.90 Å². The van der Waals surface area contributed by atoms with Gasteiger partial charge < -0.3 is 10.0 Å². The summed E-state index contributed by atoms with van der Waals surface area (Å²) in [5.41, 5.74) is 1.55. The van der Waals surface area contributed by atoms with Crippen LogP contribution in [-0.2, 0) is 0 Å². The van der Waals surface area contributed by atoms with Crippen molar-refractivity contribution in [2.45, 2.75) is 6.10 Å². The van der Waals surface area contributed by atoms with Crippen molar-refractivity contribution in [3.63, 3.8) is 0 Å². The summed E-state index contributed by atoms with van der Waals surface area (Å²) in [5.74, 6) is -0.396. The summed E-state index contributed by atoms with van der Waals surface area (Å²) in [4.78, 5) is 14.3. The maximum Gasteiger partial charge on any atom is 0.205 e. The van der Waals surface area contributed by atoms with Crippen LogP contribution in [0.5, 0.6) is 0 Å². The van der Waals surface area contributed by atoms with Gasteiger partial charge in [-0.15, -0.1) is 0 Å². The topological polar surface area (TPSA) is 64.3 Å². The molecule has 2 aromatic rings. The predicted octanol–water partition coefficient (Wildman–Crippen LogP) is 2.92. The Morgan fingerprint density at radius 1 is 1.13 bits per heavy atom. The Morgan fingerprint density at radius 3 is 2.35 bits per heavy atom. The lowest BCUT2D eigenvalue weighted by Gasteiger charge is -2.15. The SMILES string of the molecule is CN(C)/C=C(\C#N)C(=O)c1ccccc1C(O)c1ccccc1. The zero-order valence-electron chi connectivity index (χ0n) is 13.1. The molecule has 116 valence electrons. The minimum atomic E-state index is -0.921. The summed E-state index contributed by atoms with van der Waals surface area (Å²) in [5, 5.41) is 19.8. The van der Waals surface area contributed by atoms with E-state index >= 15 is 0 Å². The Kier molecular flexibility index (Phi) is 5.29. The van der Waals surface area contributed by atoms with Gasteiger partial charge in [-0.05, 0) is 11.1 Å². The number of hydrogen-bond acceptors (Lipinski definition) is 4. The molecule has 0 aliphatic carbocycles. The number of rotatable bonds is 5. The number of nitrogens with zero attached hydrogens (tertiary/aromatic N) is 2. The van der Waals surface area contributed by atoms with E-state index in [1.165, 1.54) is 6.20 Å². The highest BCUT2D eigenvalue weighted by atomic mass is 16.3. The minimum Gasteiger partial charge on any atom is -0.384 e. The third kappa shape index (κ3) is 3.85. The van der Waals surface area contributed by atoms with Gasteiger partial charge in [0, 0.05) is 25.9 Å². The van der Waals surface area contributed by atoms with Crippen LogP contribution in [-0.4, -0.2) is 29.9 Å². The lowest BCUT2D eigenvalue weighted by atomic mass is 9.92. The van der Waals surface area contributed by atoms with Gasteiger partial charge >= 0.3 is 0 Å². The van der Waals surface area contributed by atoms with Gasteiger partial charge in [-0.25, -0.2) is 0 Å². The largest absolute Gasteiger partial charge is 0.384 e. The average molecular weight is 306 g/mol. The van der Waals surface area contributed by atoms with Crippen LogP contribution in [0.1, 0.15) is 27.6 Å². The number of Topliss-reactive ketones (excluding diaryl/α,β-unsaturated/α-hetero) is 1. The molecule has 2 rings (SSSR count). The lowest BCUT2D eigenvalue weighted by Crippen LogP contribution is -2.13. The number of benzene rings is 2. The summed E-state index contributed by atoms with van der Waals surface area (Å²) in [6.45, 7) is 0. The minimum absolute atomic E-state index is 0.0303. The van der Waals surface area contributed by atoms with Crippen molar-refractivity contribution in [1.82, 2.24) is 4.90 Å². The monoisotopic (exact) mass is 306 g/mol. The van der Waals surface area contributed by atoms with Gasteiger partial charge in [0.2, 0.25) is 5.78 Å².